The molecule has 1 aromatic heterocycles. The molecule has 112 valence electrons. The van der Waals surface area contributed by atoms with E-state index < -0.39 is 0 Å². The van der Waals surface area contributed by atoms with Gasteiger partial charge in [0, 0.05) is 17.0 Å². The van der Waals surface area contributed by atoms with Crippen LogP contribution in [0.1, 0.15) is 21.7 Å². The lowest BCUT2D eigenvalue weighted by atomic mass is 10.1. The molecule has 3 rings (SSSR count). The molecule has 0 bridgehead atoms. The van der Waals surface area contributed by atoms with E-state index in [9.17, 15) is 9.90 Å². The molecule has 0 saturated heterocycles. The summed E-state index contributed by atoms with van der Waals surface area (Å²) in [5.41, 5.74) is 2.28. The molecule has 5 heteroatoms. The number of aliphatic hydroxyl groups excluding tert-OH is 1. The van der Waals surface area contributed by atoms with E-state index in [1.165, 1.54) is 0 Å². The number of halogens is 1. The number of benzene rings is 2. The highest BCUT2D eigenvalue weighted by atomic mass is 35.5. The van der Waals surface area contributed by atoms with E-state index in [4.69, 9.17) is 16.0 Å². The molecule has 0 aliphatic heterocycles. The summed E-state index contributed by atoms with van der Waals surface area (Å²) in [6, 6.07) is 14.3. The van der Waals surface area contributed by atoms with Crippen molar-refractivity contribution in [3.8, 4) is 0 Å². The number of carbonyl (C=O) groups is 1. The third kappa shape index (κ3) is 2.98. The Morgan fingerprint density at radius 2 is 1.91 bits per heavy atom. The van der Waals surface area contributed by atoms with Gasteiger partial charge in [0.25, 0.3) is 5.91 Å². The van der Waals surface area contributed by atoms with Crippen LogP contribution in [-0.4, -0.2) is 11.0 Å². The first kappa shape index (κ1) is 14.6. The Morgan fingerprint density at radius 1 is 1.14 bits per heavy atom. The van der Waals surface area contributed by atoms with Crippen LogP contribution >= 0.6 is 11.6 Å². The molecule has 0 unspecified atom stereocenters. The average Bonchev–Trinajstić information content (AvgIpc) is 2.96. The lowest BCUT2D eigenvalue weighted by molar-refractivity contribution is 0.0925. The maximum absolute atomic E-state index is 12.2. The smallest absolute Gasteiger partial charge is 0.287 e. The molecule has 2 N–H and O–H groups in total. The number of furan rings is 1. The maximum Gasteiger partial charge on any atom is 0.287 e. The monoisotopic (exact) mass is 315 g/mol. The fourth-order valence-corrected chi connectivity index (χ4v) is 2.45. The SMILES string of the molecule is O=C(NCc1ccccc1CO)c1cc2cc(Cl)ccc2o1. The molecule has 3 aromatic rings. The van der Waals surface area contributed by atoms with Crippen LogP contribution in [0.4, 0.5) is 0 Å². The second-order valence-corrected chi connectivity index (χ2v) is 5.34. The fourth-order valence-electron chi connectivity index (χ4n) is 2.27. The minimum absolute atomic E-state index is 0.0603. The number of hydrogen-bond donors (Lipinski definition) is 2. The summed E-state index contributed by atoms with van der Waals surface area (Å²) in [6.45, 7) is 0.266. The van der Waals surface area contributed by atoms with Crippen LogP contribution in [0, 0.1) is 0 Å². The van der Waals surface area contributed by atoms with E-state index in [1.807, 2.05) is 24.3 Å². The highest BCUT2D eigenvalue weighted by Gasteiger charge is 2.12. The summed E-state index contributed by atoms with van der Waals surface area (Å²) in [6.07, 6.45) is 0. The van der Waals surface area contributed by atoms with Gasteiger partial charge in [-0.1, -0.05) is 35.9 Å². The summed E-state index contributed by atoms with van der Waals surface area (Å²) in [4.78, 5) is 12.2. The highest BCUT2D eigenvalue weighted by Crippen LogP contribution is 2.23. The molecule has 0 atom stereocenters. The number of fused-ring (bicyclic) bond motifs is 1. The zero-order chi connectivity index (χ0) is 15.5. The predicted octanol–water partition coefficient (Wildman–Crippen LogP) is 3.51. The van der Waals surface area contributed by atoms with Gasteiger partial charge in [0.1, 0.15) is 5.58 Å². The second kappa shape index (κ2) is 6.22. The van der Waals surface area contributed by atoms with E-state index in [-0.39, 0.29) is 18.3 Å². The lowest BCUT2D eigenvalue weighted by Gasteiger charge is -2.07. The van der Waals surface area contributed by atoms with E-state index in [2.05, 4.69) is 5.32 Å². The van der Waals surface area contributed by atoms with Gasteiger partial charge in [-0.3, -0.25) is 4.79 Å². The number of nitrogens with one attached hydrogen (secondary N) is 1. The number of rotatable bonds is 4. The molecule has 0 aliphatic rings. The van der Waals surface area contributed by atoms with Gasteiger partial charge < -0.3 is 14.8 Å². The van der Waals surface area contributed by atoms with Crippen LogP contribution in [0.3, 0.4) is 0 Å². The third-order valence-electron chi connectivity index (χ3n) is 3.43. The Kier molecular flexibility index (Phi) is 4.13. The largest absolute Gasteiger partial charge is 0.451 e. The first-order chi connectivity index (χ1) is 10.7. The Balaban J connectivity index is 1.76. The van der Waals surface area contributed by atoms with Gasteiger partial charge in [-0.25, -0.2) is 0 Å². The summed E-state index contributed by atoms with van der Waals surface area (Å²) in [7, 11) is 0. The van der Waals surface area contributed by atoms with Gasteiger partial charge in [0.2, 0.25) is 0 Å². The molecule has 0 spiro atoms. The summed E-state index contributed by atoms with van der Waals surface area (Å²) in [5.74, 6) is -0.0705. The van der Waals surface area contributed by atoms with E-state index in [0.29, 0.717) is 17.2 Å². The van der Waals surface area contributed by atoms with Crippen molar-refractivity contribution in [2.45, 2.75) is 13.2 Å². The third-order valence-corrected chi connectivity index (χ3v) is 3.67. The molecule has 0 saturated carbocycles. The van der Waals surface area contributed by atoms with Crippen molar-refractivity contribution < 1.29 is 14.3 Å². The van der Waals surface area contributed by atoms with Gasteiger partial charge in [-0.2, -0.15) is 0 Å². The van der Waals surface area contributed by atoms with Crippen molar-refractivity contribution in [1.82, 2.24) is 5.32 Å². The molecule has 22 heavy (non-hydrogen) atoms. The second-order valence-electron chi connectivity index (χ2n) is 4.90. The average molecular weight is 316 g/mol. The van der Waals surface area contributed by atoms with Crippen molar-refractivity contribution in [2.75, 3.05) is 0 Å². The summed E-state index contributed by atoms with van der Waals surface area (Å²) >= 11 is 5.92. The van der Waals surface area contributed by atoms with Crippen LogP contribution in [0.5, 0.6) is 0 Å². The zero-order valence-electron chi connectivity index (χ0n) is 11.7. The van der Waals surface area contributed by atoms with Gasteiger partial charge in [0.05, 0.1) is 6.61 Å². The lowest BCUT2D eigenvalue weighted by Crippen LogP contribution is -2.22. The van der Waals surface area contributed by atoms with Gasteiger partial charge in [-0.05, 0) is 35.4 Å². The number of amides is 1. The summed E-state index contributed by atoms with van der Waals surface area (Å²) < 4.78 is 5.51. The summed E-state index contributed by atoms with van der Waals surface area (Å²) in [5, 5.41) is 13.4. The molecule has 2 aromatic carbocycles. The molecule has 0 radical (unpaired) electrons. The van der Waals surface area contributed by atoms with Crippen molar-refractivity contribution >= 4 is 28.5 Å². The molecule has 1 amide bonds. The Bertz CT molecular complexity index is 826. The number of hydrogen-bond acceptors (Lipinski definition) is 3. The van der Waals surface area contributed by atoms with Crippen LogP contribution < -0.4 is 5.32 Å². The van der Waals surface area contributed by atoms with Gasteiger partial charge >= 0.3 is 0 Å². The topological polar surface area (TPSA) is 62.5 Å². The first-order valence-corrected chi connectivity index (χ1v) is 7.20. The van der Waals surface area contributed by atoms with Crippen LogP contribution in [-0.2, 0) is 13.2 Å². The zero-order valence-corrected chi connectivity index (χ0v) is 12.4. The molecular weight excluding hydrogens is 302 g/mol. The van der Waals surface area contributed by atoms with Crippen LogP contribution in [0.25, 0.3) is 11.0 Å². The molecule has 1 heterocycles. The minimum Gasteiger partial charge on any atom is -0.451 e. The minimum atomic E-state index is -0.305. The van der Waals surface area contributed by atoms with Crippen molar-refractivity contribution in [2.24, 2.45) is 0 Å². The number of carbonyl (C=O) groups excluding carboxylic acids is 1. The maximum atomic E-state index is 12.2. The first-order valence-electron chi connectivity index (χ1n) is 6.82. The van der Waals surface area contributed by atoms with E-state index in [0.717, 1.165) is 16.5 Å². The van der Waals surface area contributed by atoms with Crippen molar-refractivity contribution in [3.05, 3.63) is 70.4 Å². The van der Waals surface area contributed by atoms with Gasteiger partial charge in [0.15, 0.2) is 5.76 Å². The van der Waals surface area contributed by atoms with E-state index >= 15 is 0 Å². The number of aliphatic hydroxyl groups is 1. The molecule has 4 nitrogen and oxygen atoms in total. The standard InChI is InChI=1S/C17H14ClNO3/c18-14-5-6-15-13(7-14)8-16(22-15)17(21)19-9-11-3-1-2-4-12(11)10-20/h1-8,20H,9-10H2,(H,19,21). The normalized spacial score (nSPS) is 10.8. The fraction of sp³-hybridized carbons (Fsp3) is 0.118. The van der Waals surface area contributed by atoms with Crippen molar-refractivity contribution in [3.63, 3.8) is 0 Å². The molecule has 0 fully saturated rings. The Labute approximate surface area is 132 Å². The molecule has 0 aliphatic carbocycles. The quantitative estimate of drug-likeness (QED) is 0.774. The van der Waals surface area contributed by atoms with Crippen molar-refractivity contribution in [1.29, 1.82) is 0 Å². The highest BCUT2D eigenvalue weighted by molar-refractivity contribution is 6.31. The van der Waals surface area contributed by atoms with Crippen LogP contribution in [0.15, 0.2) is 52.9 Å². The van der Waals surface area contributed by atoms with E-state index in [1.54, 1.807) is 24.3 Å². The van der Waals surface area contributed by atoms with Crippen LogP contribution in [0.2, 0.25) is 5.02 Å². The molecular formula is C17H14ClNO3. The Hall–Kier alpha value is -2.30. The van der Waals surface area contributed by atoms with Gasteiger partial charge in [-0.15, -0.1) is 0 Å². The Morgan fingerprint density at radius 3 is 2.68 bits per heavy atom. The predicted molar refractivity (Wildman–Crippen MR) is 84.8 cm³/mol.